The molecule has 254 valence electrons. The van der Waals surface area contributed by atoms with E-state index in [1.165, 1.54) is 38.1 Å². The van der Waals surface area contributed by atoms with Gasteiger partial charge in [-0.15, -0.1) is 11.5 Å². The Hall–Kier alpha value is -5.32. The first-order valence-corrected chi connectivity index (χ1v) is 15.8. The maximum absolute atomic E-state index is 12.5. The van der Waals surface area contributed by atoms with E-state index in [0.29, 0.717) is 28.0 Å². The maximum Gasteiger partial charge on any atom is 0.350 e. The minimum atomic E-state index is -4.53. The van der Waals surface area contributed by atoms with Crippen LogP contribution in [-0.4, -0.2) is 80.4 Å². The zero-order valence-corrected chi connectivity index (χ0v) is 27.8. The number of anilines is 1. The van der Waals surface area contributed by atoms with Crippen LogP contribution in [0.5, 0.6) is 17.5 Å². The molecule has 3 aromatic heterocycles. The number of carboxylic acid groups (broad SMARTS) is 1. The van der Waals surface area contributed by atoms with Gasteiger partial charge in [-0.05, 0) is 18.9 Å². The third kappa shape index (κ3) is 7.96. The number of methoxy groups -OCH3 is 2. The number of hydrogen-bond donors (Lipinski definition) is 3. The molecule has 0 fully saturated rings. The molecule has 18 nitrogen and oxygen atoms in total. The number of carboxylic acids is 1. The minimum absolute atomic E-state index is 0.0646. The molecule has 0 radical (unpaired) electrons. The number of nitrogens with one attached hydrogen (secondary N) is 2. The lowest BCUT2D eigenvalue weighted by molar-refractivity contribution is 0.0692. The van der Waals surface area contributed by atoms with Gasteiger partial charge in [-0.3, -0.25) is 14.6 Å². The van der Waals surface area contributed by atoms with E-state index in [4.69, 9.17) is 48.9 Å². The van der Waals surface area contributed by atoms with Gasteiger partial charge in [0.2, 0.25) is 17.7 Å². The summed E-state index contributed by atoms with van der Waals surface area (Å²) in [5.41, 5.74) is -0.362. The fourth-order valence-electron chi connectivity index (χ4n) is 4.33. The van der Waals surface area contributed by atoms with Gasteiger partial charge in [-0.1, -0.05) is 29.1 Å². The number of aromatic carboxylic acids is 1. The highest BCUT2D eigenvalue weighted by molar-refractivity contribution is 7.90. The summed E-state index contributed by atoms with van der Waals surface area (Å²) in [6.45, 7) is 0.759. The topological polar surface area (TPSA) is 224 Å². The summed E-state index contributed by atoms with van der Waals surface area (Å²) in [6.07, 6.45) is 8.82. The lowest BCUT2D eigenvalue weighted by Crippen LogP contribution is -2.36. The molecule has 4 aromatic rings. The van der Waals surface area contributed by atoms with Crippen molar-refractivity contribution in [2.24, 2.45) is 7.05 Å². The largest absolute Gasteiger partial charge is 0.481 e. The van der Waals surface area contributed by atoms with Crippen LogP contribution in [-0.2, 0) is 30.0 Å². The quantitative estimate of drug-likeness (QED) is 0.211. The van der Waals surface area contributed by atoms with E-state index in [2.05, 4.69) is 31.4 Å². The number of carbonyl (C=O) groups is 2. The molecule has 2 amide bonds. The molecule has 0 atom stereocenters. The predicted octanol–water partition coefficient (Wildman–Crippen LogP) is 2.12. The molecule has 0 aliphatic carbocycles. The van der Waals surface area contributed by atoms with Crippen LogP contribution in [0.25, 0.3) is 5.69 Å². The molecule has 0 bridgehead atoms. The maximum atomic E-state index is 12.5. The Kier molecular flexibility index (Phi) is 11.1. The van der Waals surface area contributed by atoms with Gasteiger partial charge in [-0.25, -0.2) is 19.1 Å². The number of sulfonamides is 1. The Labute approximate surface area is 282 Å². The number of halogens is 2. The molecule has 1 aliphatic rings. The average molecular weight is 725 g/mol. The molecule has 0 saturated heterocycles. The molecule has 0 unspecified atom stereocenters. The molecule has 4 heterocycles. The zero-order chi connectivity index (χ0) is 35.2. The summed E-state index contributed by atoms with van der Waals surface area (Å²) >= 11 is 12.3. The smallest absolute Gasteiger partial charge is 0.350 e. The molecule has 5 rings (SSSR count). The summed E-state index contributed by atoms with van der Waals surface area (Å²) in [7, 11) is -0.667. The lowest BCUT2D eigenvalue weighted by Gasteiger charge is -2.10. The Morgan fingerprint density at radius 2 is 1.79 bits per heavy atom. The van der Waals surface area contributed by atoms with Gasteiger partial charge in [-0.2, -0.15) is 28.2 Å². The number of amides is 2. The second-order valence-electron chi connectivity index (χ2n) is 9.57. The van der Waals surface area contributed by atoms with Crippen LogP contribution in [0, 0.1) is 12.3 Å². The number of aromatic nitrogens is 7. The number of terminal acetylenes is 1. The SMILES string of the molecule is C#CCOc1cc(-n2nc3n(c2=O)CCCC3)c(Cl)cc1Cl.COc1cc(OC)nc(NC(=O)NS(=O)(=O)c2c(C(=O)O)cnn2C)n1. The standard InChI is InChI=1S/C15H13Cl2N3O2.C12H14N6O7S/c1-2-7-22-13-9-12(10(16)8-11(13)17)20-15(21)19-6-4-3-5-14(19)18-20;1-18-9(6(5-13-18)10(19)20)26(22,23)17-12(21)16-11-14-7(24-2)4-8(15-11)25-3/h1,8-9H,3-7H2;4-5H,1-3H3,(H,19,20)(H2,14,15,16,17,21). The normalized spacial score (nSPS) is 12.1. The highest BCUT2D eigenvalue weighted by atomic mass is 35.5. The third-order valence-electron chi connectivity index (χ3n) is 6.43. The molecule has 21 heteroatoms. The first-order chi connectivity index (χ1) is 22.8. The summed E-state index contributed by atoms with van der Waals surface area (Å²) in [5.74, 6) is 1.83. The van der Waals surface area contributed by atoms with E-state index in [1.54, 1.807) is 15.4 Å². The molecular formula is C27H27Cl2N9O9S. The van der Waals surface area contributed by atoms with Gasteiger partial charge < -0.3 is 19.3 Å². The van der Waals surface area contributed by atoms with Crippen molar-refractivity contribution in [2.75, 3.05) is 26.1 Å². The third-order valence-corrected chi connectivity index (χ3v) is 8.48. The number of ether oxygens (including phenoxy) is 3. The van der Waals surface area contributed by atoms with Gasteiger partial charge in [0.1, 0.15) is 23.7 Å². The van der Waals surface area contributed by atoms with Gasteiger partial charge in [0, 0.05) is 26.1 Å². The van der Waals surface area contributed by atoms with Crippen molar-refractivity contribution in [3.63, 3.8) is 0 Å². The van der Waals surface area contributed by atoms with Crippen LogP contribution in [0.4, 0.5) is 10.7 Å². The lowest BCUT2D eigenvalue weighted by atomic mass is 10.2. The number of urea groups is 1. The number of hydrogen-bond acceptors (Lipinski definition) is 12. The van der Waals surface area contributed by atoms with Crippen LogP contribution >= 0.6 is 23.2 Å². The van der Waals surface area contributed by atoms with Gasteiger partial charge in [0.25, 0.3) is 10.0 Å². The first-order valence-electron chi connectivity index (χ1n) is 13.6. The minimum Gasteiger partial charge on any atom is -0.481 e. The van der Waals surface area contributed by atoms with Crippen molar-refractivity contribution < 1.29 is 37.3 Å². The number of nitrogens with zero attached hydrogens (tertiary/aromatic N) is 7. The van der Waals surface area contributed by atoms with Gasteiger partial charge >= 0.3 is 17.7 Å². The number of aryl methyl sites for hydroxylation is 2. The van der Waals surface area contributed by atoms with Crippen molar-refractivity contribution >= 4 is 51.2 Å². The van der Waals surface area contributed by atoms with Crippen LogP contribution in [0.2, 0.25) is 10.0 Å². The van der Waals surface area contributed by atoms with Crippen LogP contribution in [0.3, 0.4) is 0 Å². The van der Waals surface area contributed by atoms with Gasteiger partial charge in [0.15, 0.2) is 5.03 Å². The number of rotatable bonds is 9. The van der Waals surface area contributed by atoms with Crippen molar-refractivity contribution in [1.82, 2.24) is 38.8 Å². The summed E-state index contributed by atoms with van der Waals surface area (Å²) in [5, 5.41) is 19.0. The number of fused-ring (bicyclic) bond motifs is 1. The van der Waals surface area contributed by atoms with Crippen molar-refractivity contribution in [3.05, 3.63) is 56.3 Å². The van der Waals surface area contributed by atoms with Crippen molar-refractivity contribution in [3.8, 4) is 35.5 Å². The fourth-order valence-corrected chi connectivity index (χ4v) is 6.06. The molecule has 48 heavy (non-hydrogen) atoms. The molecule has 3 N–H and O–H groups in total. The number of benzene rings is 1. The zero-order valence-electron chi connectivity index (χ0n) is 25.4. The van der Waals surface area contributed by atoms with Crippen LogP contribution < -0.4 is 29.9 Å². The Balaban J connectivity index is 0.000000219. The van der Waals surface area contributed by atoms with Crippen molar-refractivity contribution in [1.29, 1.82) is 0 Å². The molecule has 1 aromatic carbocycles. The monoisotopic (exact) mass is 723 g/mol. The van der Waals surface area contributed by atoms with Crippen LogP contribution in [0.1, 0.15) is 29.0 Å². The molecular weight excluding hydrogens is 697 g/mol. The second kappa shape index (κ2) is 15.1. The van der Waals surface area contributed by atoms with E-state index in [-0.39, 0.29) is 30.0 Å². The Morgan fingerprint density at radius 1 is 1.10 bits per heavy atom. The summed E-state index contributed by atoms with van der Waals surface area (Å²) in [6, 6.07) is 3.23. The van der Waals surface area contributed by atoms with E-state index < -0.39 is 32.6 Å². The summed E-state index contributed by atoms with van der Waals surface area (Å²) in [4.78, 5) is 43.2. The van der Waals surface area contributed by atoms with Gasteiger partial charge in [0.05, 0.1) is 42.2 Å². The fraction of sp³-hybridized carbons (Fsp3) is 0.296. The highest BCUT2D eigenvalue weighted by Gasteiger charge is 2.29. The Bertz CT molecular complexity index is 2050. The number of carbonyl (C=O) groups excluding carboxylic acids is 1. The Morgan fingerprint density at radius 3 is 2.40 bits per heavy atom. The van der Waals surface area contributed by atoms with E-state index in [9.17, 15) is 22.8 Å². The summed E-state index contributed by atoms with van der Waals surface area (Å²) < 4.78 is 45.2. The van der Waals surface area contributed by atoms with Crippen molar-refractivity contribution in [2.45, 2.75) is 30.8 Å². The van der Waals surface area contributed by atoms with E-state index in [1.807, 2.05) is 0 Å². The second-order valence-corrected chi connectivity index (χ2v) is 12.0. The van der Waals surface area contributed by atoms with Crippen LogP contribution in [0.15, 0.2) is 34.2 Å². The molecule has 0 spiro atoms. The van der Waals surface area contributed by atoms with E-state index in [0.717, 1.165) is 36.0 Å². The highest BCUT2D eigenvalue weighted by Crippen LogP contribution is 2.32. The van der Waals surface area contributed by atoms with E-state index >= 15 is 0 Å². The average Bonchev–Trinajstić information content (AvgIpc) is 3.61. The predicted molar refractivity (Wildman–Crippen MR) is 170 cm³/mol. The molecule has 1 aliphatic heterocycles. The molecule has 0 saturated carbocycles. The first kappa shape index (κ1) is 35.5.